The molecule has 1 atom stereocenters. The fourth-order valence-corrected chi connectivity index (χ4v) is 2.00. The lowest BCUT2D eigenvalue weighted by atomic mass is 9.89. The highest BCUT2D eigenvalue weighted by atomic mass is 19.3. The second-order valence-corrected chi connectivity index (χ2v) is 3.97. The summed E-state index contributed by atoms with van der Waals surface area (Å²) in [7, 11) is 0. The van der Waals surface area contributed by atoms with E-state index in [0.29, 0.717) is 5.75 Å². The summed E-state index contributed by atoms with van der Waals surface area (Å²) in [6.45, 7) is -0.602. The standard InChI is InChI=1S/C12H14F2O2/c13-12(14)7-16-9-5-4-8-2-1-3-11(15)10(8)6-9/h4-6,11-12,15H,1-3,7H2/t11-/m0/s1. The van der Waals surface area contributed by atoms with Gasteiger partial charge in [0.15, 0.2) is 0 Å². The van der Waals surface area contributed by atoms with E-state index in [1.54, 1.807) is 12.1 Å². The molecule has 16 heavy (non-hydrogen) atoms. The highest BCUT2D eigenvalue weighted by Crippen LogP contribution is 2.32. The number of alkyl halides is 2. The summed E-state index contributed by atoms with van der Waals surface area (Å²) in [5, 5.41) is 9.76. The van der Waals surface area contributed by atoms with Gasteiger partial charge in [0.1, 0.15) is 12.4 Å². The lowest BCUT2D eigenvalue weighted by molar-refractivity contribution is 0.0816. The first-order valence-corrected chi connectivity index (χ1v) is 5.38. The molecule has 4 heteroatoms. The van der Waals surface area contributed by atoms with Crippen LogP contribution in [0.1, 0.15) is 30.1 Å². The van der Waals surface area contributed by atoms with Crippen molar-refractivity contribution < 1.29 is 18.6 Å². The van der Waals surface area contributed by atoms with Crippen LogP contribution in [-0.2, 0) is 6.42 Å². The molecule has 88 valence electrons. The molecule has 0 fully saturated rings. The molecule has 2 nitrogen and oxygen atoms in total. The third kappa shape index (κ3) is 2.50. The van der Waals surface area contributed by atoms with E-state index < -0.39 is 19.1 Å². The van der Waals surface area contributed by atoms with Crippen LogP contribution < -0.4 is 4.74 Å². The Morgan fingerprint density at radius 3 is 3.00 bits per heavy atom. The summed E-state index contributed by atoms with van der Waals surface area (Å²) in [6, 6.07) is 5.19. The van der Waals surface area contributed by atoms with E-state index in [-0.39, 0.29) is 0 Å². The Hall–Kier alpha value is -1.16. The van der Waals surface area contributed by atoms with Gasteiger partial charge in [0.05, 0.1) is 6.10 Å². The van der Waals surface area contributed by atoms with Gasteiger partial charge in [-0.15, -0.1) is 0 Å². The maximum absolute atomic E-state index is 12.0. The number of benzene rings is 1. The predicted octanol–water partition coefficient (Wildman–Crippen LogP) is 2.70. The van der Waals surface area contributed by atoms with Gasteiger partial charge in [0, 0.05) is 0 Å². The fourth-order valence-electron chi connectivity index (χ4n) is 2.00. The zero-order chi connectivity index (χ0) is 11.5. The Bertz CT molecular complexity index is 366. The summed E-state index contributed by atoms with van der Waals surface area (Å²) in [4.78, 5) is 0. The van der Waals surface area contributed by atoms with Gasteiger partial charge in [-0.2, -0.15) is 0 Å². The van der Waals surface area contributed by atoms with Gasteiger partial charge < -0.3 is 9.84 Å². The maximum atomic E-state index is 12.0. The molecule has 0 bridgehead atoms. The third-order valence-corrected chi connectivity index (χ3v) is 2.78. The minimum Gasteiger partial charge on any atom is -0.488 e. The summed E-state index contributed by atoms with van der Waals surface area (Å²) >= 11 is 0. The molecule has 0 unspecified atom stereocenters. The summed E-state index contributed by atoms with van der Waals surface area (Å²) in [5.74, 6) is 0.403. The topological polar surface area (TPSA) is 29.5 Å². The van der Waals surface area contributed by atoms with Gasteiger partial charge in [0.25, 0.3) is 6.43 Å². The number of ether oxygens (including phenoxy) is 1. The molecule has 0 saturated heterocycles. The van der Waals surface area contributed by atoms with Gasteiger partial charge in [-0.1, -0.05) is 6.07 Å². The van der Waals surface area contributed by atoms with Crippen molar-refractivity contribution >= 4 is 0 Å². The Morgan fingerprint density at radius 1 is 1.44 bits per heavy atom. The van der Waals surface area contributed by atoms with E-state index in [1.165, 1.54) is 0 Å². The van der Waals surface area contributed by atoms with Gasteiger partial charge in [0.2, 0.25) is 0 Å². The zero-order valence-corrected chi connectivity index (χ0v) is 8.83. The molecule has 0 heterocycles. The minimum absolute atomic E-state index is 0.403. The molecule has 0 spiro atoms. The molecular formula is C12H14F2O2. The van der Waals surface area contributed by atoms with E-state index >= 15 is 0 Å². The van der Waals surface area contributed by atoms with E-state index in [1.807, 2.05) is 6.07 Å². The summed E-state index contributed by atoms with van der Waals surface area (Å²) in [6.07, 6.45) is -0.335. The van der Waals surface area contributed by atoms with Crippen molar-refractivity contribution in [3.8, 4) is 5.75 Å². The van der Waals surface area contributed by atoms with E-state index in [4.69, 9.17) is 4.74 Å². The van der Waals surface area contributed by atoms with E-state index in [9.17, 15) is 13.9 Å². The Morgan fingerprint density at radius 2 is 2.25 bits per heavy atom. The van der Waals surface area contributed by atoms with E-state index in [0.717, 1.165) is 30.4 Å². The maximum Gasteiger partial charge on any atom is 0.272 e. The second kappa shape index (κ2) is 4.78. The molecule has 0 aromatic heterocycles. The van der Waals surface area contributed by atoms with Crippen LogP contribution in [0.4, 0.5) is 8.78 Å². The average molecular weight is 228 g/mol. The Kier molecular flexibility index (Phi) is 3.39. The Balaban J connectivity index is 2.14. The SMILES string of the molecule is O[C@H]1CCCc2ccc(OCC(F)F)cc21. The number of fused-ring (bicyclic) bond motifs is 1. The molecular weight excluding hydrogens is 214 g/mol. The monoisotopic (exact) mass is 228 g/mol. The van der Waals surface area contributed by atoms with Crippen molar-refractivity contribution in [3.05, 3.63) is 29.3 Å². The molecule has 2 rings (SSSR count). The summed E-state index contributed by atoms with van der Waals surface area (Å²) < 4.78 is 28.8. The molecule has 0 radical (unpaired) electrons. The minimum atomic E-state index is -2.47. The number of aliphatic hydroxyl groups excluding tert-OH is 1. The first-order chi connectivity index (χ1) is 7.66. The first-order valence-electron chi connectivity index (χ1n) is 5.38. The Labute approximate surface area is 92.9 Å². The van der Waals surface area contributed by atoms with E-state index in [2.05, 4.69) is 0 Å². The van der Waals surface area contributed by atoms with Crippen LogP contribution in [0.3, 0.4) is 0 Å². The number of halogens is 2. The van der Waals surface area contributed by atoms with Gasteiger partial charge in [-0.3, -0.25) is 0 Å². The number of hydrogen-bond acceptors (Lipinski definition) is 2. The third-order valence-electron chi connectivity index (χ3n) is 2.78. The lowest BCUT2D eigenvalue weighted by Gasteiger charge is -2.21. The fraction of sp³-hybridized carbons (Fsp3) is 0.500. The van der Waals surface area contributed by atoms with Crippen LogP contribution in [0.15, 0.2) is 18.2 Å². The molecule has 0 aliphatic heterocycles. The summed E-state index contributed by atoms with van der Waals surface area (Å²) in [5.41, 5.74) is 1.90. The molecule has 1 aromatic carbocycles. The molecule has 1 aliphatic carbocycles. The van der Waals surface area contributed by atoms with Crippen LogP contribution in [0.5, 0.6) is 5.75 Å². The molecule has 0 amide bonds. The van der Waals surface area contributed by atoms with Crippen molar-refractivity contribution in [2.45, 2.75) is 31.8 Å². The van der Waals surface area contributed by atoms with Gasteiger partial charge in [-0.05, 0) is 42.5 Å². The molecule has 1 aliphatic rings. The number of aryl methyl sites for hydroxylation is 1. The molecule has 1 aromatic rings. The number of aliphatic hydroxyl groups is 1. The van der Waals surface area contributed by atoms with Gasteiger partial charge >= 0.3 is 0 Å². The average Bonchev–Trinajstić information content (AvgIpc) is 2.27. The number of hydrogen-bond donors (Lipinski definition) is 1. The van der Waals surface area contributed by atoms with Crippen molar-refractivity contribution in [1.29, 1.82) is 0 Å². The molecule has 1 N–H and O–H groups in total. The van der Waals surface area contributed by atoms with Crippen LogP contribution in [0.25, 0.3) is 0 Å². The largest absolute Gasteiger partial charge is 0.488 e. The predicted molar refractivity (Wildman–Crippen MR) is 55.8 cm³/mol. The van der Waals surface area contributed by atoms with Crippen LogP contribution in [0, 0.1) is 0 Å². The highest BCUT2D eigenvalue weighted by Gasteiger charge is 2.18. The molecule has 0 saturated carbocycles. The van der Waals surface area contributed by atoms with Crippen molar-refractivity contribution in [1.82, 2.24) is 0 Å². The normalized spacial score (nSPS) is 19.6. The highest BCUT2D eigenvalue weighted by molar-refractivity contribution is 5.38. The first kappa shape index (κ1) is 11.3. The van der Waals surface area contributed by atoms with Crippen molar-refractivity contribution in [2.75, 3.05) is 6.61 Å². The smallest absolute Gasteiger partial charge is 0.272 e. The van der Waals surface area contributed by atoms with Crippen LogP contribution >= 0.6 is 0 Å². The number of rotatable bonds is 3. The van der Waals surface area contributed by atoms with Crippen LogP contribution in [0.2, 0.25) is 0 Å². The zero-order valence-electron chi connectivity index (χ0n) is 8.83. The van der Waals surface area contributed by atoms with Crippen molar-refractivity contribution in [2.24, 2.45) is 0 Å². The van der Waals surface area contributed by atoms with Crippen LogP contribution in [-0.4, -0.2) is 18.1 Å². The van der Waals surface area contributed by atoms with Crippen molar-refractivity contribution in [3.63, 3.8) is 0 Å². The quantitative estimate of drug-likeness (QED) is 0.861. The van der Waals surface area contributed by atoms with Gasteiger partial charge in [-0.25, -0.2) is 8.78 Å². The lowest BCUT2D eigenvalue weighted by Crippen LogP contribution is -2.11. The second-order valence-electron chi connectivity index (χ2n) is 3.97.